The number of nitrogens with zero attached hydrogens (tertiary/aromatic N) is 4. The molecule has 1 saturated heterocycles. The van der Waals surface area contributed by atoms with Crippen LogP contribution in [0.25, 0.3) is 27.7 Å². The van der Waals surface area contributed by atoms with E-state index in [4.69, 9.17) is 34.8 Å². The molecule has 4 aromatic rings. The van der Waals surface area contributed by atoms with Crippen molar-refractivity contribution >= 4 is 57.4 Å². The van der Waals surface area contributed by atoms with Gasteiger partial charge in [0.25, 0.3) is 0 Å². The van der Waals surface area contributed by atoms with Crippen LogP contribution in [0.15, 0.2) is 72.0 Å². The van der Waals surface area contributed by atoms with Crippen molar-refractivity contribution < 1.29 is 4.79 Å². The number of hydrogen-bond donors (Lipinski definition) is 0. The highest BCUT2D eigenvalue weighted by Crippen LogP contribution is 2.41. The summed E-state index contributed by atoms with van der Waals surface area (Å²) in [4.78, 5) is 34.6. The summed E-state index contributed by atoms with van der Waals surface area (Å²) in [5.74, 6) is 0.423. The first-order valence-electron chi connectivity index (χ1n) is 13.2. The highest BCUT2D eigenvalue weighted by Gasteiger charge is 2.29. The van der Waals surface area contributed by atoms with Crippen LogP contribution in [0.1, 0.15) is 25.8 Å². The summed E-state index contributed by atoms with van der Waals surface area (Å²) >= 11 is 19.9. The molecule has 0 unspecified atom stereocenters. The van der Waals surface area contributed by atoms with Crippen LogP contribution in [0, 0.1) is 0 Å². The fourth-order valence-electron chi connectivity index (χ4n) is 5.41. The lowest BCUT2D eigenvalue weighted by molar-refractivity contribution is -0.126. The first-order valence-corrected chi connectivity index (χ1v) is 14.4. The molecule has 1 atom stereocenters. The van der Waals surface area contributed by atoms with Gasteiger partial charge in [-0.2, -0.15) is 4.98 Å². The maximum absolute atomic E-state index is 13.9. The van der Waals surface area contributed by atoms with E-state index in [0.717, 1.165) is 29.5 Å². The number of para-hydroxylation sites is 1. The monoisotopic (exact) mass is 594 g/mol. The summed E-state index contributed by atoms with van der Waals surface area (Å²) < 4.78 is 1.66. The van der Waals surface area contributed by atoms with E-state index in [1.165, 1.54) is 6.08 Å². The fourth-order valence-corrected chi connectivity index (χ4v) is 6.08. The molecular formula is C31H29Cl3N4O2. The van der Waals surface area contributed by atoms with Gasteiger partial charge in [-0.3, -0.25) is 9.36 Å². The zero-order valence-electron chi connectivity index (χ0n) is 22.3. The van der Waals surface area contributed by atoms with E-state index in [0.29, 0.717) is 57.2 Å². The van der Waals surface area contributed by atoms with Crippen LogP contribution in [0.5, 0.6) is 0 Å². The molecule has 5 rings (SSSR count). The van der Waals surface area contributed by atoms with E-state index in [9.17, 15) is 9.59 Å². The van der Waals surface area contributed by atoms with Crippen LogP contribution in [-0.4, -0.2) is 46.0 Å². The van der Waals surface area contributed by atoms with Gasteiger partial charge in [-0.25, -0.2) is 4.79 Å². The maximum Gasteiger partial charge on any atom is 0.354 e. The number of rotatable bonds is 6. The van der Waals surface area contributed by atoms with E-state index in [1.807, 2.05) is 55.5 Å². The molecule has 1 amide bonds. The third-order valence-corrected chi connectivity index (χ3v) is 8.47. The summed E-state index contributed by atoms with van der Waals surface area (Å²) in [6.45, 7) is 9.22. The van der Waals surface area contributed by atoms with Crippen molar-refractivity contribution in [2.75, 3.05) is 24.5 Å². The van der Waals surface area contributed by atoms with E-state index in [2.05, 4.69) is 23.4 Å². The number of fused-ring (bicyclic) bond motifs is 1. The lowest BCUT2D eigenvalue weighted by Crippen LogP contribution is -2.54. The summed E-state index contributed by atoms with van der Waals surface area (Å²) in [5.41, 5.74) is 3.42. The molecule has 2 heterocycles. The number of piperazine rings is 1. The number of carbonyl (C=O) groups is 1. The third-order valence-electron chi connectivity index (χ3n) is 7.34. The summed E-state index contributed by atoms with van der Waals surface area (Å²) in [7, 11) is 0. The Morgan fingerprint density at radius 3 is 2.55 bits per heavy atom. The normalized spacial score (nSPS) is 15.5. The Labute approximate surface area is 248 Å². The molecule has 1 aliphatic rings. The molecule has 6 nitrogen and oxygen atoms in total. The lowest BCUT2D eigenvalue weighted by atomic mass is 10.0. The molecule has 9 heteroatoms. The molecule has 1 aliphatic heterocycles. The number of hydrogen-bond acceptors (Lipinski definition) is 4. The molecule has 3 aromatic carbocycles. The van der Waals surface area contributed by atoms with Gasteiger partial charge in [0.05, 0.1) is 21.2 Å². The largest absolute Gasteiger partial charge is 0.354 e. The van der Waals surface area contributed by atoms with Crippen LogP contribution < -0.4 is 10.6 Å². The van der Waals surface area contributed by atoms with Crippen molar-refractivity contribution in [1.29, 1.82) is 0 Å². The third kappa shape index (κ3) is 5.12. The molecular weight excluding hydrogens is 567 g/mol. The fraction of sp³-hybridized carbons (Fsp3) is 0.258. The summed E-state index contributed by atoms with van der Waals surface area (Å²) in [5, 5.41) is 1.99. The molecule has 0 spiro atoms. The van der Waals surface area contributed by atoms with Gasteiger partial charge in [-0.1, -0.05) is 85.1 Å². The van der Waals surface area contributed by atoms with Gasteiger partial charge in [-0.05, 0) is 49.2 Å². The lowest BCUT2D eigenvalue weighted by Gasteiger charge is -2.40. The topological polar surface area (TPSA) is 58.4 Å². The molecule has 0 bridgehead atoms. The SMILES string of the molecule is C=CC(=O)N1CCN(c2nc(=O)n(-c3ccccc3CCC)c3cc(-c4cccc(Cl)c4Cl)c(Cl)cc23)[C@@H](C)C1. The summed E-state index contributed by atoms with van der Waals surface area (Å²) in [6, 6.07) is 16.9. The molecule has 0 N–H and O–H groups in total. The standard InChI is InChI=1S/C31H29Cl3N4O2/c1-4-9-20-10-6-7-13-26(20)38-27-17-22(21-11-8-12-24(32)29(21)34)25(33)16-23(27)30(35-31(38)40)37-15-14-36(18-19(37)3)28(39)5-2/h5-8,10-13,16-17,19H,2,4,9,14-15,18H2,1,3H3/t19-/m0/s1. The van der Waals surface area contributed by atoms with Gasteiger partial charge in [0.2, 0.25) is 5.91 Å². The second-order valence-corrected chi connectivity index (χ2v) is 11.1. The predicted octanol–water partition coefficient (Wildman–Crippen LogP) is 7.19. The highest BCUT2D eigenvalue weighted by atomic mass is 35.5. The smallest absolute Gasteiger partial charge is 0.350 e. The minimum atomic E-state index is -0.395. The maximum atomic E-state index is 13.9. The molecule has 0 radical (unpaired) electrons. The van der Waals surface area contributed by atoms with Crippen molar-refractivity contribution in [1.82, 2.24) is 14.5 Å². The molecule has 1 fully saturated rings. The van der Waals surface area contributed by atoms with Crippen molar-refractivity contribution in [2.24, 2.45) is 0 Å². The van der Waals surface area contributed by atoms with Gasteiger partial charge in [0, 0.05) is 47.2 Å². The number of carbonyl (C=O) groups excluding carboxylic acids is 1. The second-order valence-electron chi connectivity index (χ2n) is 9.91. The Hall–Kier alpha value is -3.32. The van der Waals surface area contributed by atoms with Crippen molar-refractivity contribution in [3.63, 3.8) is 0 Å². The number of benzene rings is 3. The first kappa shape index (κ1) is 28.2. The number of aromatic nitrogens is 2. The molecule has 206 valence electrons. The first-order chi connectivity index (χ1) is 19.2. The van der Waals surface area contributed by atoms with E-state index in [-0.39, 0.29) is 11.9 Å². The quantitative estimate of drug-likeness (QED) is 0.221. The summed E-state index contributed by atoms with van der Waals surface area (Å²) in [6.07, 6.45) is 3.06. The highest BCUT2D eigenvalue weighted by molar-refractivity contribution is 6.44. The Morgan fingerprint density at radius 1 is 1.05 bits per heavy atom. The Kier molecular flexibility index (Phi) is 8.22. The van der Waals surface area contributed by atoms with Gasteiger partial charge in [0.1, 0.15) is 5.82 Å². The number of anilines is 1. The van der Waals surface area contributed by atoms with Crippen LogP contribution in [0.3, 0.4) is 0 Å². The number of halogens is 3. The zero-order chi connectivity index (χ0) is 28.6. The Morgan fingerprint density at radius 2 is 1.82 bits per heavy atom. The Balaban J connectivity index is 1.78. The van der Waals surface area contributed by atoms with E-state index in [1.54, 1.807) is 15.5 Å². The van der Waals surface area contributed by atoms with Crippen molar-refractivity contribution in [2.45, 2.75) is 32.7 Å². The average molecular weight is 596 g/mol. The second kappa shape index (κ2) is 11.7. The van der Waals surface area contributed by atoms with Gasteiger partial charge in [0.15, 0.2) is 0 Å². The van der Waals surface area contributed by atoms with Gasteiger partial charge in [-0.15, -0.1) is 0 Å². The molecule has 40 heavy (non-hydrogen) atoms. The average Bonchev–Trinajstić information content (AvgIpc) is 2.94. The van der Waals surface area contributed by atoms with Gasteiger partial charge >= 0.3 is 5.69 Å². The van der Waals surface area contributed by atoms with Crippen molar-refractivity contribution in [3.8, 4) is 16.8 Å². The molecule has 1 aromatic heterocycles. The van der Waals surface area contributed by atoms with Crippen LogP contribution >= 0.6 is 34.8 Å². The number of amides is 1. The predicted molar refractivity (Wildman–Crippen MR) is 165 cm³/mol. The van der Waals surface area contributed by atoms with Crippen LogP contribution in [-0.2, 0) is 11.2 Å². The minimum Gasteiger partial charge on any atom is -0.350 e. The van der Waals surface area contributed by atoms with Crippen LogP contribution in [0.2, 0.25) is 15.1 Å². The molecule has 0 saturated carbocycles. The minimum absolute atomic E-state index is 0.0863. The van der Waals surface area contributed by atoms with E-state index < -0.39 is 5.69 Å². The Bertz CT molecular complexity index is 1680. The number of aryl methyl sites for hydroxylation is 1. The van der Waals surface area contributed by atoms with Gasteiger partial charge < -0.3 is 9.80 Å². The van der Waals surface area contributed by atoms with Crippen LogP contribution in [0.4, 0.5) is 5.82 Å². The molecule has 0 aliphatic carbocycles. The van der Waals surface area contributed by atoms with E-state index >= 15 is 0 Å². The zero-order valence-corrected chi connectivity index (χ0v) is 24.6. The van der Waals surface area contributed by atoms with Crippen molar-refractivity contribution in [3.05, 3.63) is 98.4 Å².